The van der Waals surface area contributed by atoms with Gasteiger partial charge in [0.2, 0.25) is 5.91 Å². The van der Waals surface area contributed by atoms with Gasteiger partial charge in [0.1, 0.15) is 0 Å². The summed E-state index contributed by atoms with van der Waals surface area (Å²) in [5, 5.41) is 10.7. The summed E-state index contributed by atoms with van der Waals surface area (Å²) in [6.45, 7) is 2.22. The van der Waals surface area contributed by atoms with Crippen molar-refractivity contribution in [1.82, 2.24) is 0 Å². The Balaban J connectivity index is 2.46. The van der Waals surface area contributed by atoms with Gasteiger partial charge < -0.3 is 4.90 Å². The number of hydrogen-bond acceptors (Lipinski definition) is 3. The van der Waals surface area contributed by atoms with E-state index in [0.29, 0.717) is 6.54 Å². The fraction of sp³-hybridized carbons (Fsp3) is 0.417. The minimum absolute atomic E-state index is 0.0120. The van der Waals surface area contributed by atoms with E-state index in [2.05, 4.69) is 0 Å². The first-order valence-corrected chi connectivity index (χ1v) is 5.65. The normalized spacial score (nSPS) is 15.0. The van der Waals surface area contributed by atoms with Crippen LogP contribution < -0.4 is 4.90 Å². The highest BCUT2D eigenvalue weighted by Gasteiger charge is 2.20. The van der Waals surface area contributed by atoms with Gasteiger partial charge in [-0.2, -0.15) is 0 Å². The SMILES string of the molecule is CC(=O)N1CCCCc2cc([N+](=O)[O-])ccc21. The maximum Gasteiger partial charge on any atom is 0.269 e. The van der Waals surface area contributed by atoms with Crippen molar-refractivity contribution in [2.75, 3.05) is 11.4 Å². The fourth-order valence-corrected chi connectivity index (χ4v) is 2.18. The molecule has 0 saturated heterocycles. The zero-order chi connectivity index (χ0) is 12.4. The van der Waals surface area contributed by atoms with E-state index in [1.54, 1.807) is 17.0 Å². The molecule has 0 saturated carbocycles. The largest absolute Gasteiger partial charge is 0.312 e. The number of anilines is 1. The molecule has 0 radical (unpaired) electrons. The number of amides is 1. The molecule has 0 bridgehead atoms. The lowest BCUT2D eigenvalue weighted by Gasteiger charge is -2.20. The van der Waals surface area contributed by atoms with Crippen molar-refractivity contribution in [2.24, 2.45) is 0 Å². The molecule has 5 nitrogen and oxygen atoms in total. The highest BCUT2D eigenvalue weighted by molar-refractivity contribution is 5.92. The molecule has 90 valence electrons. The standard InChI is InChI=1S/C12H14N2O3/c1-9(15)13-7-3-2-4-10-8-11(14(16)17)5-6-12(10)13/h5-6,8H,2-4,7H2,1H3. The van der Waals surface area contributed by atoms with Crippen molar-refractivity contribution in [1.29, 1.82) is 0 Å². The molecule has 0 aromatic heterocycles. The summed E-state index contributed by atoms with van der Waals surface area (Å²) < 4.78 is 0. The lowest BCUT2D eigenvalue weighted by atomic mass is 10.1. The molecule has 0 atom stereocenters. The summed E-state index contributed by atoms with van der Waals surface area (Å²) in [6.07, 6.45) is 2.68. The molecule has 0 fully saturated rings. The zero-order valence-electron chi connectivity index (χ0n) is 9.68. The van der Waals surface area contributed by atoms with Gasteiger partial charge in [0, 0.05) is 31.3 Å². The number of aryl methyl sites for hydroxylation is 1. The number of non-ortho nitro benzene ring substituents is 1. The van der Waals surface area contributed by atoms with Crippen molar-refractivity contribution in [3.8, 4) is 0 Å². The van der Waals surface area contributed by atoms with Crippen molar-refractivity contribution in [2.45, 2.75) is 26.2 Å². The number of carbonyl (C=O) groups excluding carboxylic acids is 1. The van der Waals surface area contributed by atoms with Gasteiger partial charge in [0.15, 0.2) is 0 Å². The first-order chi connectivity index (χ1) is 8.09. The monoisotopic (exact) mass is 234 g/mol. The van der Waals surface area contributed by atoms with Crippen molar-refractivity contribution in [3.63, 3.8) is 0 Å². The summed E-state index contributed by atoms with van der Waals surface area (Å²) in [4.78, 5) is 23.5. The third kappa shape index (κ3) is 2.27. The molecule has 5 heteroatoms. The molecule has 1 aromatic rings. The van der Waals surface area contributed by atoms with Gasteiger partial charge >= 0.3 is 0 Å². The predicted molar refractivity (Wildman–Crippen MR) is 64.1 cm³/mol. The fourth-order valence-electron chi connectivity index (χ4n) is 2.18. The summed E-state index contributed by atoms with van der Waals surface area (Å²) in [5.74, 6) is -0.0120. The Morgan fingerprint density at radius 1 is 1.41 bits per heavy atom. The molecule has 17 heavy (non-hydrogen) atoms. The summed E-state index contributed by atoms with van der Waals surface area (Å²) in [7, 11) is 0. The number of fused-ring (bicyclic) bond motifs is 1. The molecule has 1 heterocycles. The first-order valence-electron chi connectivity index (χ1n) is 5.65. The molecule has 0 N–H and O–H groups in total. The molecule has 0 spiro atoms. The van der Waals surface area contributed by atoms with Gasteiger partial charge in [-0.1, -0.05) is 0 Å². The van der Waals surface area contributed by atoms with Crippen LogP contribution in [0.2, 0.25) is 0 Å². The number of nitro benzene ring substituents is 1. The van der Waals surface area contributed by atoms with Crippen LogP contribution >= 0.6 is 0 Å². The molecular weight excluding hydrogens is 220 g/mol. The first kappa shape index (κ1) is 11.6. The zero-order valence-corrected chi connectivity index (χ0v) is 9.68. The van der Waals surface area contributed by atoms with Crippen LogP contribution in [0.4, 0.5) is 11.4 Å². The number of rotatable bonds is 1. The Labute approximate surface area is 99.2 Å². The van der Waals surface area contributed by atoms with Crippen LogP contribution in [0.25, 0.3) is 0 Å². The average Bonchev–Trinajstić information content (AvgIpc) is 2.49. The van der Waals surface area contributed by atoms with Gasteiger partial charge in [0.25, 0.3) is 5.69 Å². The van der Waals surface area contributed by atoms with E-state index in [1.165, 1.54) is 13.0 Å². The van der Waals surface area contributed by atoms with Gasteiger partial charge in [-0.15, -0.1) is 0 Å². The van der Waals surface area contributed by atoms with E-state index in [-0.39, 0.29) is 11.6 Å². The maximum atomic E-state index is 11.5. The quantitative estimate of drug-likeness (QED) is 0.553. The molecule has 0 aliphatic carbocycles. The number of hydrogen-bond donors (Lipinski definition) is 0. The second-order valence-electron chi connectivity index (χ2n) is 4.20. The summed E-state index contributed by atoms with van der Waals surface area (Å²) in [5.41, 5.74) is 1.81. The molecule has 1 aliphatic rings. The van der Waals surface area contributed by atoms with E-state index < -0.39 is 4.92 Å². The van der Waals surface area contributed by atoms with Crippen molar-refractivity contribution >= 4 is 17.3 Å². The average molecular weight is 234 g/mol. The number of carbonyl (C=O) groups is 1. The van der Waals surface area contributed by atoms with Gasteiger partial charge in [-0.3, -0.25) is 14.9 Å². The third-order valence-corrected chi connectivity index (χ3v) is 3.02. The van der Waals surface area contributed by atoms with Gasteiger partial charge in [-0.05, 0) is 30.9 Å². The van der Waals surface area contributed by atoms with Crippen LogP contribution in [0.5, 0.6) is 0 Å². The van der Waals surface area contributed by atoms with Crippen LogP contribution in [0.1, 0.15) is 25.3 Å². The van der Waals surface area contributed by atoms with Crippen LogP contribution in [-0.2, 0) is 11.2 Å². The van der Waals surface area contributed by atoms with E-state index in [4.69, 9.17) is 0 Å². The van der Waals surface area contributed by atoms with Crippen LogP contribution in [0, 0.1) is 10.1 Å². The Morgan fingerprint density at radius 2 is 2.18 bits per heavy atom. The van der Waals surface area contributed by atoms with E-state index in [9.17, 15) is 14.9 Å². The molecule has 1 aliphatic heterocycles. The third-order valence-electron chi connectivity index (χ3n) is 3.02. The van der Waals surface area contributed by atoms with Crippen LogP contribution in [0.3, 0.4) is 0 Å². The Kier molecular flexibility index (Phi) is 3.08. The van der Waals surface area contributed by atoms with Crippen molar-refractivity contribution in [3.05, 3.63) is 33.9 Å². The molecule has 1 aromatic carbocycles. The van der Waals surface area contributed by atoms with Gasteiger partial charge in [-0.25, -0.2) is 0 Å². The molecule has 2 rings (SSSR count). The second-order valence-corrected chi connectivity index (χ2v) is 4.20. The van der Waals surface area contributed by atoms with Crippen molar-refractivity contribution < 1.29 is 9.72 Å². The Bertz CT molecular complexity index is 471. The lowest BCUT2D eigenvalue weighted by molar-refractivity contribution is -0.384. The Hall–Kier alpha value is -1.91. The molecule has 0 unspecified atom stereocenters. The highest BCUT2D eigenvalue weighted by atomic mass is 16.6. The second kappa shape index (κ2) is 4.53. The van der Waals surface area contributed by atoms with E-state index >= 15 is 0 Å². The number of benzene rings is 1. The van der Waals surface area contributed by atoms with E-state index in [1.807, 2.05) is 0 Å². The summed E-state index contributed by atoms with van der Waals surface area (Å²) >= 11 is 0. The topological polar surface area (TPSA) is 63.5 Å². The highest BCUT2D eigenvalue weighted by Crippen LogP contribution is 2.29. The van der Waals surface area contributed by atoms with Crippen LogP contribution in [-0.4, -0.2) is 17.4 Å². The number of nitro groups is 1. The van der Waals surface area contributed by atoms with Gasteiger partial charge in [0.05, 0.1) is 4.92 Å². The minimum atomic E-state index is -0.400. The van der Waals surface area contributed by atoms with Crippen LogP contribution in [0.15, 0.2) is 18.2 Å². The maximum absolute atomic E-state index is 11.5. The van der Waals surface area contributed by atoms with E-state index in [0.717, 1.165) is 30.5 Å². The molecular formula is C12H14N2O3. The smallest absolute Gasteiger partial charge is 0.269 e. The Morgan fingerprint density at radius 3 is 2.82 bits per heavy atom. The minimum Gasteiger partial charge on any atom is -0.312 e. The number of nitrogens with zero attached hydrogens (tertiary/aromatic N) is 2. The lowest BCUT2D eigenvalue weighted by Crippen LogP contribution is -2.29. The predicted octanol–water partition coefficient (Wildman–Crippen LogP) is 2.28. The molecule has 1 amide bonds. The summed E-state index contributed by atoms with van der Waals surface area (Å²) in [6, 6.07) is 4.72.